The molecule has 2 fully saturated rings. The second-order valence-electron chi connectivity index (χ2n) is 5.36. The maximum absolute atomic E-state index is 3.84. The summed E-state index contributed by atoms with van der Waals surface area (Å²) in [6.07, 6.45) is 12.8. The normalized spacial score (nSPS) is 37.3. The van der Waals surface area contributed by atoms with Gasteiger partial charge in [-0.3, -0.25) is 4.90 Å². The molecule has 0 spiro atoms. The van der Waals surface area contributed by atoms with Crippen molar-refractivity contribution in [3.63, 3.8) is 0 Å². The molecule has 0 amide bonds. The summed E-state index contributed by atoms with van der Waals surface area (Å²) in [6, 6.07) is 2.50. The van der Waals surface area contributed by atoms with Gasteiger partial charge in [0.25, 0.3) is 0 Å². The Morgan fingerprint density at radius 1 is 1.00 bits per heavy atom. The molecule has 0 aromatic rings. The molecule has 2 heteroatoms. The van der Waals surface area contributed by atoms with Crippen molar-refractivity contribution in [2.75, 3.05) is 13.1 Å². The van der Waals surface area contributed by atoms with Crippen LogP contribution in [0.25, 0.3) is 0 Å². The molecule has 84 valence electrons. The summed E-state index contributed by atoms with van der Waals surface area (Å²) in [5.41, 5.74) is 0. The molecule has 1 saturated heterocycles. The van der Waals surface area contributed by atoms with Crippen molar-refractivity contribution >= 4 is 0 Å². The Hall–Kier alpha value is -0.340. The molecule has 0 aromatic carbocycles. The lowest BCUT2D eigenvalue weighted by Gasteiger charge is -2.24. The van der Waals surface area contributed by atoms with Gasteiger partial charge < -0.3 is 5.32 Å². The van der Waals surface area contributed by atoms with Gasteiger partial charge in [0.1, 0.15) is 0 Å². The fourth-order valence-corrected chi connectivity index (χ4v) is 2.97. The van der Waals surface area contributed by atoms with E-state index in [4.69, 9.17) is 0 Å². The molecule has 1 N–H and O–H groups in total. The number of rotatable bonds is 3. The van der Waals surface area contributed by atoms with Crippen LogP contribution in [0.3, 0.4) is 0 Å². The van der Waals surface area contributed by atoms with Gasteiger partial charge in [-0.1, -0.05) is 12.2 Å². The van der Waals surface area contributed by atoms with Gasteiger partial charge in [0, 0.05) is 31.2 Å². The van der Waals surface area contributed by atoms with Crippen molar-refractivity contribution in [2.45, 2.75) is 56.7 Å². The second-order valence-corrected chi connectivity index (χ2v) is 5.36. The van der Waals surface area contributed by atoms with E-state index in [0.29, 0.717) is 0 Å². The summed E-state index contributed by atoms with van der Waals surface area (Å²) in [4.78, 5) is 2.69. The average Bonchev–Trinajstić information content (AvgIpc) is 3.02. The van der Waals surface area contributed by atoms with E-state index < -0.39 is 0 Å². The Morgan fingerprint density at radius 2 is 1.93 bits per heavy atom. The summed E-state index contributed by atoms with van der Waals surface area (Å²) in [7, 11) is 0. The van der Waals surface area contributed by atoms with Crippen molar-refractivity contribution in [2.24, 2.45) is 0 Å². The molecule has 1 aliphatic heterocycles. The third-order valence-electron chi connectivity index (χ3n) is 4.02. The van der Waals surface area contributed by atoms with E-state index in [1.54, 1.807) is 0 Å². The third kappa shape index (κ3) is 2.43. The summed E-state index contributed by atoms with van der Waals surface area (Å²) in [5, 5.41) is 3.84. The maximum atomic E-state index is 3.84. The largest absolute Gasteiger partial charge is 0.310 e. The van der Waals surface area contributed by atoms with Crippen LogP contribution < -0.4 is 5.32 Å². The van der Waals surface area contributed by atoms with Crippen LogP contribution in [-0.4, -0.2) is 36.1 Å². The molecule has 1 heterocycles. The maximum Gasteiger partial charge on any atom is 0.0210 e. The molecule has 3 aliphatic rings. The molecule has 1 saturated carbocycles. The Balaban J connectivity index is 1.45. The van der Waals surface area contributed by atoms with Gasteiger partial charge in [-0.2, -0.15) is 0 Å². The van der Waals surface area contributed by atoms with Gasteiger partial charge in [-0.15, -0.1) is 0 Å². The third-order valence-corrected chi connectivity index (χ3v) is 4.02. The fraction of sp³-hybridized carbons (Fsp3) is 0.846. The minimum atomic E-state index is 0.763. The van der Waals surface area contributed by atoms with E-state index >= 15 is 0 Å². The molecule has 2 unspecified atom stereocenters. The number of nitrogens with zero attached hydrogens (tertiary/aromatic N) is 1. The Labute approximate surface area is 92.7 Å². The highest BCUT2D eigenvalue weighted by molar-refractivity contribution is 4.97. The van der Waals surface area contributed by atoms with Crippen LogP contribution in [0.4, 0.5) is 0 Å². The topological polar surface area (TPSA) is 15.3 Å². The Morgan fingerprint density at radius 3 is 2.67 bits per heavy atom. The zero-order valence-electron chi connectivity index (χ0n) is 9.49. The zero-order chi connectivity index (χ0) is 10.1. The number of hydrogen-bond donors (Lipinski definition) is 1. The average molecular weight is 206 g/mol. The molecule has 0 bridgehead atoms. The van der Waals surface area contributed by atoms with Gasteiger partial charge in [0.05, 0.1) is 0 Å². The minimum absolute atomic E-state index is 0.763. The number of allylic oxidation sites excluding steroid dienone is 1. The predicted octanol–water partition coefficient (Wildman–Crippen LogP) is 1.92. The van der Waals surface area contributed by atoms with Crippen LogP contribution in [-0.2, 0) is 0 Å². The predicted molar refractivity (Wildman–Crippen MR) is 62.9 cm³/mol. The number of likely N-dealkylation sites (tertiary alicyclic amines) is 1. The van der Waals surface area contributed by atoms with E-state index in [1.165, 1.54) is 51.6 Å². The van der Waals surface area contributed by atoms with Crippen molar-refractivity contribution in [1.82, 2.24) is 10.2 Å². The molecule has 2 aliphatic carbocycles. The standard InChI is InChI=1S/C13H22N2/c1-2-4-11(5-3-1)14-12-8-9-15(10-12)13-6-7-13/h1-2,11-14H,3-10H2. The number of nitrogens with one attached hydrogen (secondary N) is 1. The SMILES string of the molecule is C1=CCC(NC2CCN(C3CC3)C2)CC1. The van der Waals surface area contributed by atoms with Crippen LogP contribution in [0.5, 0.6) is 0 Å². The van der Waals surface area contributed by atoms with E-state index in [0.717, 1.165) is 18.1 Å². The van der Waals surface area contributed by atoms with Crippen LogP contribution in [0.2, 0.25) is 0 Å². The highest BCUT2D eigenvalue weighted by Crippen LogP contribution is 2.30. The first-order valence-electron chi connectivity index (χ1n) is 6.57. The summed E-state index contributed by atoms with van der Waals surface area (Å²) in [6.45, 7) is 2.65. The molecular formula is C13H22N2. The van der Waals surface area contributed by atoms with Crippen molar-refractivity contribution in [3.05, 3.63) is 12.2 Å². The smallest absolute Gasteiger partial charge is 0.0210 e. The first-order valence-corrected chi connectivity index (χ1v) is 6.57. The zero-order valence-corrected chi connectivity index (χ0v) is 9.49. The van der Waals surface area contributed by atoms with E-state index in [2.05, 4.69) is 22.4 Å². The Bertz CT molecular complexity index is 245. The molecule has 0 radical (unpaired) electrons. The monoisotopic (exact) mass is 206 g/mol. The van der Waals surface area contributed by atoms with Crippen LogP contribution >= 0.6 is 0 Å². The lowest BCUT2D eigenvalue weighted by molar-refractivity contribution is 0.309. The molecular weight excluding hydrogens is 184 g/mol. The highest BCUT2D eigenvalue weighted by Gasteiger charge is 2.34. The Kier molecular flexibility index (Phi) is 2.80. The first-order chi connectivity index (χ1) is 7.42. The molecule has 2 atom stereocenters. The molecule has 3 rings (SSSR count). The molecule has 2 nitrogen and oxygen atoms in total. The van der Waals surface area contributed by atoms with Crippen LogP contribution in [0, 0.1) is 0 Å². The fourth-order valence-electron chi connectivity index (χ4n) is 2.97. The van der Waals surface area contributed by atoms with Crippen molar-refractivity contribution < 1.29 is 0 Å². The van der Waals surface area contributed by atoms with Crippen LogP contribution in [0.1, 0.15) is 38.5 Å². The van der Waals surface area contributed by atoms with Gasteiger partial charge in [-0.05, 0) is 38.5 Å². The lowest BCUT2D eigenvalue weighted by atomic mass is 10.0. The van der Waals surface area contributed by atoms with Crippen molar-refractivity contribution in [3.8, 4) is 0 Å². The van der Waals surface area contributed by atoms with Gasteiger partial charge in [0.15, 0.2) is 0 Å². The molecule has 15 heavy (non-hydrogen) atoms. The van der Waals surface area contributed by atoms with Gasteiger partial charge >= 0.3 is 0 Å². The first kappa shape index (κ1) is 9.86. The number of hydrogen-bond acceptors (Lipinski definition) is 2. The van der Waals surface area contributed by atoms with E-state index in [9.17, 15) is 0 Å². The van der Waals surface area contributed by atoms with Crippen molar-refractivity contribution in [1.29, 1.82) is 0 Å². The highest BCUT2D eigenvalue weighted by atomic mass is 15.2. The van der Waals surface area contributed by atoms with Crippen LogP contribution in [0.15, 0.2) is 12.2 Å². The second kappa shape index (κ2) is 4.26. The molecule has 0 aromatic heterocycles. The van der Waals surface area contributed by atoms with E-state index in [-0.39, 0.29) is 0 Å². The summed E-state index contributed by atoms with van der Waals surface area (Å²) < 4.78 is 0. The summed E-state index contributed by atoms with van der Waals surface area (Å²) >= 11 is 0. The lowest BCUT2D eigenvalue weighted by Crippen LogP contribution is -2.40. The van der Waals surface area contributed by atoms with E-state index in [1.807, 2.05) is 0 Å². The minimum Gasteiger partial charge on any atom is -0.310 e. The van der Waals surface area contributed by atoms with Gasteiger partial charge in [0.2, 0.25) is 0 Å². The summed E-state index contributed by atoms with van der Waals surface area (Å²) in [5.74, 6) is 0. The quantitative estimate of drug-likeness (QED) is 0.710. The van der Waals surface area contributed by atoms with Gasteiger partial charge in [-0.25, -0.2) is 0 Å².